The fourth-order valence-electron chi connectivity index (χ4n) is 0.810. The lowest BCUT2D eigenvalue weighted by Gasteiger charge is -1.86. The first-order valence-electron chi connectivity index (χ1n) is 4.58. The van der Waals surface area contributed by atoms with Gasteiger partial charge in [-0.15, -0.1) is 0 Å². The number of carbonyl (C=O) groups excluding carboxylic acids is 1. The summed E-state index contributed by atoms with van der Waals surface area (Å²) in [5, 5.41) is 7.63. The van der Waals surface area contributed by atoms with E-state index in [4.69, 9.17) is 16.7 Å². The Kier molecular flexibility index (Phi) is 5.33. The molecule has 0 aliphatic heterocycles. The fourth-order valence-corrected chi connectivity index (χ4v) is 0.908. The van der Waals surface area contributed by atoms with Gasteiger partial charge < -0.3 is 5.11 Å². The minimum absolute atomic E-state index is 0.0409. The Labute approximate surface area is 107 Å². The average Bonchev–Trinajstić information content (AvgIpc) is 2.41. The van der Waals surface area contributed by atoms with Gasteiger partial charge >= 0.3 is 5.97 Å². The fraction of sp³-hybridized carbons (Fsp3) is 0. The average molecular weight is 267 g/mol. The van der Waals surface area contributed by atoms with Crippen molar-refractivity contribution < 1.29 is 14.7 Å². The monoisotopic (exact) mass is 266 g/mol. The van der Waals surface area contributed by atoms with Crippen molar-refractivity contribution in [1.29, 1.82) is 0 Å². The van der Waals surface area contributed by atoms with Crippen LogP contribution in [0.1, 0.15) is 21.2 Å². The smallest absolute Gasteiger partial charge is 0.373 e. The van der Waals surface area contributed by atoms with Gasteiger partial charge in [-0.3, -0.25) is 4.79 Å². The highest BCUT2D eigenvalue weighted by Crippen LogP contribution is 1.91. The summed E-state index contributed by atoms with van der Waals surface area (Å²) in [6, 6.07) is 3.18. The standard InChI is InChI=1S/C5H3ClN2O.C5H4N2O2/c6-4(9)5-7-2-1-3-8-5;8-5(9)4-6-2-1-3-7-4/h1-3H;1-3H,(H,8,9). The van der Waals surface area contributed by atoms with Crippen molar-refractivity contribution in [2.24, 2.45) is 0 Å². The number of hydrogen-bond acceptors (Lipinski definition) is 6. The van der Waals surface area contributed by atoms with E-state index in [1.54, 1.807) is 12.1 Å². The molecule has 0 radical (unpaired) electrons. The summed E-state index contributed by atoms with van der Waals surface area (Å²) in [5.74, 6) is -1.23. The predicted octanol–water partition coefficient (Wildman–Crippen LogP) is 1.03. The molecule has 92 valence electrons. The van der Waals surface area contributed by atoms with Crippen LogP contribution in [-0.4, -0.2) is 36.3 Å². The minimum Gasteiger partial charge on any atom is -0.475 e. The van der Waals surface area contributed by atoms with E-state index in [1.807, 2.05) is 0 Å². The third-order valence-electron chi connectivity index (χ3n) is 1.50. The molecule has 0 bridgehead atoms. The Morgan fingerprint density at radius 2 is 1.28 bits per heavy atom. The van der Waals surface area contributed by atoms with Crippen molar-refractivity contribution in [2.75, 3.05) is 0 Å². The molecule has 8 heteroatoms. The zero-order valence-corrected chi connectivity index (χ0v) is 9.65. The number of hydrogen-bond donors (Lipinski definition) is 1. The molecule has 2 aromatic rings. The SMILES string of the molecule is O=C(Cl)c1ncccn1.O=C(O)c1ncccn1. The van der Waals surface area contributed by atoms with Crippen LogP contribution in [0.2, 0.25) is 0 Å². The van der Waals surface area contributed by atoms with E-state index >= 15 is 0 Å². The van der Waals surface area contributed by atoms with Crippen LogP contribution in [0.4, 0.5) is 0 Å². The van der Waals surface area contributed by atoms with Gasteiger partial charge in [0.05, 0.1) is 0 Å². The zero-order valence-electron chi connectivity index (χ0n) is 8.89. The molecule has 1 N–H and O–H groups in total. The molecule has 0 amide bonds. The maximum absolute atomic E-state index is 10.3. The lowest BCUT2D eigenvalue weighted by atomic mass is 10.6. The number of aromatic carboxylic acids is 1. The summed E-state index contributed by atoms with van der Waals surface area (Å²) >= 11 is 5.04. The number of halogens is 1. The van der Waals surface area contributed by atoms with Gasteiger partial charge in [0.25, 0.3) is 5.24 Å². The van der Waals surface area contributed by atoms with Crippen LogP contribution in [0.3, 0.4) is 0 Å². The van der Waals surface area contributed by atoms with E-state index in [0.717, 1.165) is 0 Å². The van der Waals surface area contributed by atoms with E-state index in [0.29, 0.717) is 0 Å². The van der Waals surface area contributed by atoms with Crippen LogP contribution >= 0.6 is 11.6 Å². The molecule has 0 aliphatic carbocycles. The molecule has 7 nitrogen and oxygen atoms in total. The highest BCUT2D eigenvalue weighted by molar-refractivity contribution is 6.67. The number of nitrogens with zero attached hydrogens (tertiary/aromatic N) is 4. The number of carbonyl (C=O) groups is 2. The highest BCUT2D eigenvalue weighted by atomic mass is 35.5. The first kappa shape index (κ1) is 13.7. The number of carboxylic acid groups (broad SMARTS) is 1. The molecule has 18 heavy (non-hydrogen) atoms. The van der Waals surface area contributed by atoms with Crippen LogP contribution in [0.15, 0.2) is 36.9 Å². The topological polar surface area (TPSA) is 106 Å². The minimum atomic E-state index is -1.10. The molecule has 0 saturated heterocycles. The summed E-state index contributed by atoms with van der Waals surface area (Å²) in [7, 11) is 0. The van der Waals surface area contributed by atoms with Gasteiger partial charge in [0.15, 0.2) is 0 Å². The summed E-state index contributed by atoms with van der Waals surface area (Å²) in [5.41, 5.74) is 0. The van der Waals surface area contributed by atoms with E-state index in [1.165, 1.54) is 24.8 Å². The van der Waals surface area contributed by atoms with Crippen molar-refractivity contribution in [2.45, 2.75) is 0 Å². The Hall–Kier alpha value is -2.41. The first-order valence-corrected chi connectivity index (χ1v) is 4.96. The van der Waals surface area contributed by atoms with Crippen LogP contribution in [0.25, 0.3) is 0 Å². The Morgan fingerprint density at radius 3 is 1.50 bits per heavy atom. The molecule has 0 fully saturated rings. The lowest BCUT2D eigenvalue weighted by molar-refractivity contribution is 0.0683. The van der Waals surface area contributed by atoms with Crippen LogP contribution in [0, 0.1) is 0 Å². The Morgan fingerprint density at radius 1 is 0.889 bits per heavy atom. The van der Waals surface area contributed by atoms with Crippen molar-refractivity contribution >= 4 is 22.8 Å². The Balaban J connectivity index is 0.000000180. The van der Waals surface area contributed by atoms with E-state index in [-0.39, 0.29) is 11.6 Å². The molecule has 0 spiro atoms. The van der Waals surface area contributed by atoms with E-state index in [9.17, 15) is 9.59 Å². The molecular weight excluding hydrogens is 260 g/mol. The number of carboxylic acids is 1. The number of rotatable bonds is 2. The normalized spacial score (nSPS) is 8.94. The molecule has 2 heterocycles. The lowest BCUT2D eigenvalue weighted by Crippen LogP contribution is -2.01. The summed E-state index contributed by atoms with van der Waals surface area (Å²) in [6.07, 6.45) is 5.69. The van der Waals surface area contributed by atoms with Gasteiger partial charge in [0.1, 0.15) is 0 Å². The maximum Gasteiger partial charge on any atom is 0.373 e. The van der Waals surface area contributed by atoms with E-state index in [2.05, 4.69) is 19.9 Å². The van der Waals surface area contributed by atoms with Gasteiger partial charge in [0, 0.05) is 24.8 Å². The van der Waals surface area contributed by atoms with Gasteiger partial charge in [-0.05, 0) is 23.7 Å². The first-order chi connectivity index (χ1) is 8.61. The third-order valence-corrected chi connectivity index (χ3v) is 1.67. The van der Waals surface area contributed by atoms with Crippen molar-refractivity contribution in [1.82, 2.24) is 19.9 Å². The van der Waals surface area contributed by atoms with E-state index < -0.39 is 11.2 Å². The van der Waals surface area contributed by atoms with Gasteiger partial charge in [0.2, 0.25) is 11.6 Å². The molecule has 0 atom stereocenters. The second-order valence-corrected chi connectivity index (χ2v) is 3.07. The maximum atomic E-state index is 10.3. The molecule has 0 aliphatic rings. The van der Waals surface area contributed by atoms with Crippen molar-refractivity contribution in [3.05, 3.63) is 48.6 Å². The van der Waals surface area contributed by atoms with Crippen molar-refractivity contribution in [3.63, 3.8) is 0 Å². The van der Waals surface area contributed by atoms with Gasteiger partial charge in [-0.1, -0.05) is 0 Å². The molecule has 0 aromatic carbocycles. The number of aromatic nitrogens is 4. The van der Waals surface area contributed by atoms with Gasteiger partial charge in [-0.2, -0.15) is 0 Å². The van der Waals surface area contributed by atoms with Gasteiger partial charge in [-0.25, -0.2) is 24.7 Å². The summed E-state index contributed by atoms with van der Waals surface area (Å²) in [4.78, 5) is 34.5. The van der Waals surface area contributed by atoms with Crippen molar-refractivity contribution in [3.8, 4) is 0 Å². The van der Waals surface area contributed by atoms with Crippen LogP contribution in [-0.2, 0) is 0 Å². The largest absolute Gasteiger partial charge is 0.475 e. The van der Waals surface area contributed by atoms with Crippen LogP contribution in [0.5, 0.6) is 0 Å². The Bertz CT molecular complexity index is 472. The molecule has 0 saturated carbocycles. The van der Waals surface area contributed by atoms with Crippen LogP contribution < -0.4 is 0 Å². The summed E-state index contributed by atoms with van der Waals surface area (Å²) < 4.78 is 0. The quantitative estimate of drug-likeness (QED) is 0.809. The third kappa shape index (κ3) is 4.62. The zero-order chi connectivity index (χ0) is 13.4. The highest BCUT2D eigenvalue weighted by Gasteiger charge is 2.01. The second-order valence-electron chi connectivity index (χ2n) is 2.72. The molecular formula is C10H7ClN4O3. The predicted molar refractivity (Wildman–Crippen MR) is 61.2 cm³/mol. The molecule has 0 unspecified atom stereocenters. The summed E-state index contributed by atoms with van der Waals surface area (Å²) in [6.45, 7) is 0. The second kappa shape index (κ2) is 7.02. The molecule has 2 aromatic heterocycles. The molecule has 2 rings (SSSR count).